The maximum absolute atomic E-state index is 6.19. The zero-order valence-electron chi connectivity index (χ0n) is 14.9. The molecule has 1 atom stereocenters. The summed E-state index contributed by atoms with van der Waals surface area (Å²) in [7, 11) is 0. The fourth-order valence-electron chi connectivity index (χ4n) is 2.83. The molecule has 2 nitrogen and oxygen atoms in total. The van der Waals surface area contributed by atoms with Crippen LogP contribution in [-0.2, 0) is 5.41 Å². The molecule has 0 radical (unpaired) electrons. The number of hydrogen-bond acceptors (Lipinski definition) is 2. The molecule has 1 aromatic carbocycles. The van der Waals surface area contributed by atoms with Gasteiger partial charge >= 0.3 is 0 Å². The second kappa shape index (κ2) is 7.30. The molecular weight excluding hydrogens is 270 g/mol. The van der Waals surface area contributed by atoms with Crippen LogP contribution < -0.4 is 0 Å². The second-order valence-electron chi connectivity index (χ2n) is 7.20. The summed E-state index contributed by atoms with van der Waals surface area (Å²) in [5, 5.41) is 0. The van der Waals surface area contributed by atoms with Crippen molar-refractivity contribution in [2.24, 2.45) is 0 Å². The molecule has 1 heterocycles. The molecule has 0 spiro atoms. The van der Waals surface area contributed by atoms with Crippen LogP contribution in [0.3, 0.4) is 0 Å². The van der Waals surface area contributed by atoms with Crippen molar-refractivity contribution in [3.05, 3.63) is 29.7 Å². The van der Waals surface area contributed by atoms with Crippen molar-refractivity contribution in [2.75, 3.05) is 0 Å². The monoisotopic (exact) mass is 301 g/mol. The van der Waals surface area contributed by atoms with Gasteiger partial charge in [-0.15, -0.1) is 0 Å². The molecule has 0 aliphatic carbocycles. The van der Waals surface area contributed by atoms with Gasteiger partial charge in [0.15, 0.2) is 5.58 Å². The molecule has 2 heteroatoms. The van der Waals surface area contributed by atoms with E-state index in [1.807, 2.05) is 0 Å². The van der Waals surface area contributed by atoms with Crippen LogP contribution in [0.15, 0.2) is 22.6 Å². The van der Waals surface area contributed by atoms with E-state index in [2.05, 4.69) is 52.8 Å². The normalized spacial score (nSPS) is 13.7. The van der Waals surface area contributed by atoms with Crippen LogP contribution in [0.5, 0.6) is 0 Å². The SMILES string of the molecule is CCCCCCC(C)c1cccc2nc(C(C)(C)CC)oc12. The highest BCUT2D eigenvalue weighted by atomic mass is 16.3. The summed E-state index contributed by atoms with van der Waals surface area (Å²) in [5.74, 6) is 1.40. The third-order valence-corrected chi connectivity index (χ3v) is 4.93. The largest absolute Gasteiger partial charge is 0.440 e. The number of para-hydroxylation sites is 1. The maximum atomic E-state index is 6.19. The number of rotatable bonds is 8. The highest BCUT2D eigenvalue weighted by molar-refractivity contribution is 5.77. The number of hydrogen-bond donors (Lipinski definition) is 0. The Bertz CT molecular complexity index is 597. The Balaban J connectivity index is 2.23. The molecular formula is C20H31NO. The van der Waals surface area contributed by atoms with Gasteiger partial charge in [-0.2, -0.15) is 0 Å². The minimum atomic E-state index is 0.000649. The average molecular weight is 301 g/mol. The molecule has 22 heavy (non-hydrogen) atoms. The summed E-state index contributed by atoms with van der Waals surface area (Å²) in [6.45, 7) is 11.2. The van der Waals surface area contributed by atoms with Crippen LogP contribution in [0.1, 0.15) is 90.5 Å². The number of aromatic nitrogens is 1. The molecule has 2 aromatic rings. The fraction of sp³-hybridized carbons (Fsp3) is 0.650. The Morgan fingerprint density at radius 2 is 1.91 bits per heavy atom. The van der Waals surface area contributed by atoms with Crippen molar-refractivity contribution in [3.63, 3.8) is 0 Å². The number of oxazole rings is 1. The first-order valence-electron chi connectivity index (χ1n) is 8.89. The first-order valence-corrected chi connectivity index (χ1v) is 8.89. The number of fused-ring (bicyclic) bond motifs is 1. The zero-order chi connectivity index (χ0) is 16.2. The Morgan fingerprint density at radius 1 is 1.14 bits per heavy atom. The van der Waals surface area contributed by atoms with Gasteiger partial charge in [-0.05, 0) is 30.4 Å². The molecule has 0 aliphatic rings. The van der Waals surface area contributed by atoms with Crippen molar-refractivity contribution in [3.8, 4) is 0 Å². The van der Waals surface area contributed by atoms with Crippen LogP contribution in [0, 0.1) is 0 Å². The molecule has 1 aromatic heterocycles. The van der Waals surface area contributed by atoms with Crippen LogP contribution in [0.25, 0.3) is 11.1 Å². The topological polar surface area (TPSA) is 26.0 Å². The average Bonchev–Trinajstić information content (AvgIpc) is 2.96. The van der Waals surface area contributed by atoms with E-state index in [4.69, 9.17) is 9.40 Å². The van der Waals surface area contributed by atoms with E-state index in [-0.39, 0.29) is 5.41 Å². The molecule has 0 bridgehead atoms. The first-order chi connectivity index (χ1) is 10.5. The molecule has 0 saturated carbocycles. The minimum Gasteiger partial charge on any atom is -0.440 e. The summed E-state index contributed by atoms with van der Waals surface area (Å²) in [6, 6.07) is 6.40. The van der Waals surface area contributed by atoms with Gasteiger partial charge in [0, 0.05) is 5.41 Å². The van der Waals surface area contributed by atoms with Gasteiger partial charge < -0.3 is 4.42 Å². The Labute approximate surface area is 135 Å². The molecule has 0 N–H and O–H groups in total. The quantitative estimate of drug-likeness (QED) is 0.514. The van der Waals surface area contributed by atoms with E-state index in [1.54, 1.807) is 0 Å². The first kappa shape index (κ1) is 17.1. The Hall–Kier alpha value is -1.31. The number of unbranched alkanes of at least 4 members (excludes halogenated alkanes) is 3. The van der Waals surface area contributed by atoms with E-state index >= 15 is 0 Å². The van der Waals surface area contributed by atoms with Crippen LogP contribution in [-0.4, -0.2) is 4.98 Å². The van der Waals surface area contributed by atoms with Gasteiger partial charge in [0.2, 0.25) is 5.89 Å². The summed E-state index contributed by atoms with van der Waals surface area (Å²) >= 11 is 0. The molecule has 0 fully saturated rings. The summed E-state index contributed by atoms with van der Waals surface area (Å²) < 4.78 is 6.19. The second-order valence-corrected chi connectivity index (χ2v) is 7.20. The molecule has 122 valence electrons. The fourth-order valence-corrected chi connectivity index (χ4v) is 2.83. The van der Waals surface area contributed by atoms with Gasteiger partial charge in [-0.3, -0.25) is 0 Å². The lowest BCUT2D eigenvalue weighted by Gasteiger charge is -2.17. The van der Waals surface area contributed by atoms with Crippen molar-refractivity contribution in [1.29, 1.82) is 0 Å². The van der Waals surface area contributed by atoms with Gasteiger partial charge in [0.1, 0.15) is 5.52 Å². The van der Waals surface area contributed by atoms with Crippen LogP contribution in [0.4, 0.5) is 0 Å². The minimum absolute atomic E-state index is 0.000649. The maximum Gasteiger partial charge on any atom is 0.201 e. The lowest BCUT2D eigenvalue weighted by molar-refractivity contribution is 0.372. The van der Waals surface area contributed by atoms with Crippen molar-refractivity contribution in [2.45, 2.75) is 84.5 Å². The molecule has 2 rings (SSSR count). The van der Waals surface area contributed by atoms with Crippen molar-refractivity contribution in [1.82, 2.24) is 4.98 Å². The highest BCUT2D eigenvalue weighted by Crippen LogP contribution is 2.34. The summed E-state index contributed by atoms with van der Waals surface area (Å²) in [4.78, 5) is 4.74. The summed E-state index contributed by atoms with van der Waals surface area (Å²) in [5.41, 5.74) is 3.33. The lowest BCUT2D eigenvalue weighted by Crippen LogP contribution is -2.15. The predicted octanol–water partition coefficient (Wildman–Crippen LogP) is 6.59. The molecule has 0 saturated heterocycles. The van der Waals surface area contributed by atoms with E-state index < -0.39 is 0 Å². The van der Waals surface area contributed by atoms with E-state index in [9.17, 15) is 0 Å². The molecule has 0 amide bonds. The van der Waals surface area contributed by atoms with Crippen LogP contribution >= 0.6 is 0 Å². The molecule has 0 aliphatic heterocycles. The zero-order valence-corrected chi connectivity index (χ0v) is 14.9. The lowest BCUT2D eigenvalue weighted by atomic mass is 9.90. The Morgan fingerprint density at radius 3 is 2.59 bits per heavy atom. The third kappa shape index (κ3) is 3.71. The van der Waals surface area contributed by atoms with Gasteiger partial charge in [-0.25, -0.2) is 4.98 Å². The van der Waals surface area contributed by atoms with E-state index in [1.165, 1.54) is 37.7 Å². The van der Waals surface area contributed by atoms with E-state index in [0.717, 1.165) is 23.4 Å². The van der Waals surface area contributed by atoms with Crippen molar-refractivity contribution >= 4 is 11.1 Å². The predicted molar refractivity (Wildman–Crippen MR) is 94.5 cm³/mol. The Kier molecular flexibility index (Phi) is 5.66. The molecule has 1 unspecified atom stereocenters. The van der Waals surface area contributed by atoms with Gasteiger partial charge in [0.05, 0.1) is 0 Å². The highest BCUT2D eigenvalue weighted by Gasteiger charge is 2.25. The summed E-state index contributed by atoms with van der Waals surface area (Å²) in [6.07, 6.45) is 7.53. The smallest absolute Gasteiger partial charge is 0.201 e. The number of nitrogens with zero attached hydrogens (tertiary/aromatic N) is 1. The third-order valence-electron chi connectivity index (χ3n) is 4.93. The van der Waals surface area contributed by atoms with Crippen molar-refractivity contribution < 1.29 is 4.42 Å². The van der Waals surface area contributed by atoms with Gasteiger partial charge in [-0.1, -0.05) is 72.4 Å². The number of benzene rings is 1. The van der Waals surface area contributed by atoms with E-state index in [0.29, 0.717) is 5.92 Å². The van der Waals surface area contributed by atoms with Crippen LogP contribution in [0.2, 0.25) is 0 Å². The standard InChI is InChI=1S/C20H31NO/c1-6-8-9-10-12-15(3)16-13-11-14-17-18(16)22-19(21-17)20(4,5)7-2/h11,13-15H,6-10,12H2,1-5H3. The van der Waals surface area contributed by atoms with Gasteiger partial charge in [0.25, 0.3) is 0 Å².